The summed E-state index contributed by atoms with van der Waals surface area (Å²) in [5, 5.41) is 7.25. The molecule has 0 saturated carbocycles. The molecule has 1 N–H and O–H groups in total. The van der Waals surface area contributed by atoms with Crippen molar-refractivity contribution in [1.82, 2.24) is 15.5 Å². The van der Waals surface area contributed by atoms with E-state index in [-0.39, 0.29) is 12.6 Å². The van der Waals surface area contributed by atoms with Gasteiger partial charge in [-0.2, -0.15) is 4.98 Å². The third kappa shape index (κ3) is 4.28. The number of aromatic nitrogens is 2. The number of hydrogen-bond donors (Lipinski definition) is 1. The van der Waals surface area contributed by atoms with Crippen LogP contribution in [0, 0.1) is 0 Å². The van der Waals surface area contributed by atoms with Crippen molar-refractivity contribution in [2.24, 2.45) is 0 Å². The average molecular weight is 354 g/mol. The number of benzene rings is 1. The predicted octanol–water partition coefficient (Wildman–Crippen LogP) is 3.64. The highest BCUT2D eigenvalue weighted by Crippen LogP contribution is 2.29. The highest BCUT2D eigenvalue weighted by molar-refractivity contribution is 9.10. The highest BCUT2D eigenvalue weighted by atomic mass is 79.9. The molecule has 0 aliphatic rings. The van der Waals surface area contributed by atoms with E-state index in [4.69, 9.17) is 9.26 Å². The minimum Gasteiger partial charge on any atom is -0.483 e. The van der Waals surface area contributed by atoms with Gasteiger partial charge in [-0.05, 0) is 25.6 Å². The van der Waals surface area contributed by atoms with Crippen LogP contribution in [-0.2, 0) is 13.0 Å². The Morgan fingerprint density at radius 2 is 2.19 bits per heavy atom. The fourth-order valence-electron chi connectivity index (χ4n) is 2.04. The number of aryl methyl sites for hydroxylation is 1. The van der Waals surface area contributed by atoms with E-state index in [0.717, 1.165) is 28.8 Å². The van der Waals surface area contributed by atoms with Gasteiger partial charge in [0.1, 0.15) is 5.75 Å². The Morgan fingerprint density at radius 1 is 1.38 bits per heavy atom. The van der Waals surface area contributed by atoms with Gasteiger partial charge in [-0.3, -0.25) is 0 Å². The monoisotopic (exact) mass is 353 g/mol. The topological polar surface area (TPSA) is 60.2 Å². The molecule has 21 heavy (non-hydrogen) atoms. The zero-order valence-electron chi connectivity index (χ0n) is 12.5. The van der Waals surface area contributed by atoms with Crippen molar-refractivity contribution in [2.75, 3.05) is 6.54 Å². The second-order valence-corrected chi connectivity index (χ2v) is 5.62. The van der Waals surface area contributed by atoms with E-state index < -0.39 is 0 Å². The van der Waals surface area contributed by atoms with Crippen LogP contribution in [0.4, 0.5) is 0 Å². The Hall–Kier alpha value is -1.40. The van der Waals surface area contributed by atoms with Gasteiger partial charge in [0.15, 0.2) is 12.4 Å². The minimum absolute atomic E-state index is 0.215. The normalized spacial score (nSPS) is 12.4. The molecule has 0 saturated heterocycles. The third-order valence-electron chi connectivity index (χ3n) is 3.13. The van der Waals surface area contributed by atoms with Gasteiger partial charge in [-0.25, -0.2) is 0 Å². The summed E-state index contributed by atoms with van der Waals surface area (Å²) in [7, 11) is 0. The van der Waals surface area contributed by atoms with Crippen LogP contribution in [0.15, 0.2) is 27.2 Å². The van der Waals surface area contributed by atoms with E-state index in [1.807, 2.05) is 19.1 Å². The van der Waals surface area contributed by atoms with Crippen LogP contribution in [0.1, 0.15) is 44.1 Å². The van der Waals surface area contributed by atoms with E-state index in [9.17, 15) is 0 Å². The first-order chi connectivity index (χ1) is 10.1. The van der Waals surface area contributed by atoms with Crippen LogP contribution in [0.3, 0.4) is 0 Å². The molecule has 2 rings (SSSR count). The first-order valence-electron chi connectivity index (χ1n) is 7.11. The molecule has 1 atom stereocenters. The first kappa shape index (κ1) is 16.0. The molecule has 0 radical (unpaired) electrons. The molecule has 0 amide bonds. The fraction of sp³-hybridized carbons (Fsp3) is 0.467. The molecule has 0 fully saturated rings. The van der Waals surface area contributed by atoms with Crippen molar-refractivity contribution in [1.29, 1.82) is 0 Å². The summed E-state index contributed by atoms with van der Waals surface area (Å²) < 4.78 is 12.0. The van der Waals surface area contributed by atoms with Gasteiger partial charge in [0.2, 0.25) is 0 Å². The van der Waals surface area contributed by atoms with Gasteiger partial charge in [-0.1, -0.05) is 41.0 Å². The predicted molar refractivity (Wildman–Crippen MR) is 84.2 cm³/mol. The SMILES string of the molecule is CCNC(C)c1ccc(Br)cc1OCc1nc(CC)no1. The van der Waals surface area contributed by atoms with Gasteiger partial charge in [-0.15, -0.1) is 0 Å². The van der Waals surface area contributed by atoms with E-state index in [1.54, 1.807) is 0 Å². The molecule has 0 aliphatic carbocycles. The van der Waals surface area contributed by atoms with Crippen molar-refractivity contribution in [3.8, 4) is 5.75 Å². The molecular formula is C15H20BrN3O2. The van der Waals surface area contributed by atoms with Gasteiger partial charge < -0.3 is 14.6 Å². The molecule has 114 valence electrons. The van der Waals surface area contributed by atoms with Crippen LogP contribution >= 0.6 is 15.9 Å². The summed E-state index contributed by atoms with van der Waals surface area (Å²) in [6.45, 7) is 7.36. The van der Waals surface area contributed by atoms with Crippen molar-refractivity contribution < 1.29 is 9.26 Å². The summed E-state index contributed by atoms with van der Waals surface area (Å²) in [5.41, 5.74) is 1.11. The fourth-order valence-corrected chi connectivity index (χ4v) is 2.38. The number of nitrogens with one attached hydrogen (secondary N) is 1. The molecule has 2 aromatic rings. The molecule has 6 heteroatoms. The van der Waals surface area contributed by atoms with Crippen LogP contribution in [0.5, 0.6) is 5.75 Å². The smallest absolute Gasteiger partial charge is 0.264 e. The molecule has 1 aromatic carbocycles. The summed E-state index contributed by atoms with van der Waals surface area (Å²) in [5.74, 6) is 2.01. The Labute approximate surface area is 133 Å². The van der Waals surface area contributed by atoms with Crippen molar-refractivity contribution >= 4 is 15.9 Å². The Morgan fingerprint density at radius 3 is 2.86 bits per heavy atom. The van der Waals surface area contributed by atoms with Crippen molar-refractivity contribution in [3.63, 3.8) is 0 Å². The Bertz CT molecular complexity index is 586. The van der Waals surface area contributed by atoms with Gasteiger partial charge in [0.25, 0.3) is 5.89 Å². The summed E-state index contributed by atoms with van der Waals surface area (Å²) in [6, 6.07) is 6.24. The molecule has 1 heterocycles. The maximum atomic E-state index is 5.86. The van der Waals surface area contributed by atoms with Crippen molar-refractivity contribution in [2.45, 2.75) is 39.8 Å². The zero-order chi connectivity index (χ0) is 15.2. The molecule has 1 aromatic heterocycles. The lowest BCUT2D eigenvalue weighted by Crippen LogP contribution is -2.18. The largest absolute Gasteiger partial charge is 0.483 e. The van der Waals surface area contributed by atoms with Crippen molar-refractivity contribution in [3.05, 3.63) is 40.0 Å². The van der Waals surface area contributed by atoms with E-state index in [2.05, 4.69) is 51.3 Å². The molecule has 0 aliphatic heterocycles. The second kappa shape index (κ2) is 7.56. The Balaban J connectivity index is 2.12. The van der Waals surface area contributed by atoms with E-state index >= 15 is 0 Å². The van der Waals surface area contributed by atoms with E-state index in [0.29, 0.717) is 11.7 Å². The number of hydrogen-bond acceptors (Lipinski definition) is 5. The Kier molecular flexibility index (Phi) is 5.76. The molecular weight excluding hydrogens is 334 g/mol. The summed E-state index contributed by atoms with van der Waals surface area (Å²) in [4.78, 5) is 4.25. The lowest BCUT2D eigenvalue weighted by molar-refractivity contribution is 0.239. The maximum absolute atomic E-state index is 5.86. The van der Waals surface area contributed by atoms with Crippen LogP contribution in [0.2, 0.25) is 0 Å². The molecule has 5 nitrogen and oxygen atoms in total. The van der Waals surface area contributed by atoms with E-state index in [1.165, 1.54) is 0 Å². The first-order valence-corrected chi connectivity index (χ1v) is 7.90. The third-order valence-corrected chi connectivity index (χ3v) is 3.62. The lowest BCUT2D eigenvalue weighted by Gasteiger charge is -2.17. The highest BCUT2D eigenvalue weighted by Gasteiger charge is 2.13. The molecule has 1 unspecified atom stereocenters. The standard InChI is InChI=1S/C15H20BrN3O2/c1-4-14-18-15(21-19-14)9-20-13-8-11(16)6-7-12(13)10(3)17-5-2/h6-8,10,17H,4-5,9H2,1-3H3. The molecule has 0 bridgehead atoms. The quantitative estimate of drug-likeness (QED) is 0.823. The van der Waals surface area contributed by atoms with Gasteiger partial charge in [0.05, 0.1) is 0 Å². The van der Waals surface area contributed by atoms with Crippen LogP contribution in [0.25, 0.3) is 0 Å². The summed E-state index contributed by atoms with van der Waals surface area (Å²) >= 11 is 3.47. The maximum Gasteiger partial charge on any atom is 0.264 e. The average Bonchev–Trinajstić information content (AvgIpc) is 2.93. The minimum atomic E-state index is 0.215. The number of rotatable bonds is 7. The van der Waals surface area contributed by atoms with Gasteiger partial charge >= 0.3 is 0 Å². The van der Waals surface area contributed by atoms with Gasteiger partial charge in [0, 0.05) is 22.5 Å². The number of halogens is 1. The molecule has 0 spiro atoms. The number of nitrogens with zero attached hydrogens (tertiary/aromatic N) is 2. The second-order valence-electron chi connectivity index (χ2n) is 4.71. The zero-order valence-corrected chi connectivity index (χ0v) is 14.1. The van der Waals surface area contributed by atoms with Crippen LogP contribution in [-0.4, -0.2) is 16.7 Å². The lowest BCUT2D eigenvalue weighted by atomic mass is 10.1. The summed E-state index contributed by atoms with van der Waals surface area (Å²) in [6.07, 6.45) is 0.753. The van der Waals surface area contributed by atoms with Crippen LogP contribution < -0.4 is 10.1 Å². The number of ether oxygens (including phenoxy) is 1.